The second kappa shape index (κ2) is 8.06. The fourth-order valence-electron chi connectivity index (χ4n) is 3.09. The van der Waals surface area contributed by atoms with E-state index in [-0.39, 0.29) is 0 Å². The maximum Gasteiger partial charge on any atom is 0.405 e. The maximum atomic E-state index is 12.6. The Bertz CT molecular complexity index is 743. The van der Waals surface area contributed by atoms with Gasteiger partial charge in [0.25, 0.3) is 0 Å². The van der Waals surface area contributed by atoms with E-state index in [1.165, 1.54) is 16.9 Å². The normalized spacial score (nSPS) is 14.2. The summed E-state index contributed by atoms with van der Waals surface area (Å²) in [6.45, 7) is 1.31. The molecule has 3 nitrogen and oxygen atoms in total. The molecule has 0 saturated heterocycles. The van der Waals surface area contributed by atoms with E-state index < -0.39 is 12.7 Å². The van der Waals surface area contributed by atoms with Crippen LogP contribution in [0.5, 0.6) is 0 Å². The number of hydrogen-bond acceptors (Lipinski definition) is 4. The highest BCUT2D eigenvalue weighted by Crippen LogP contribution is 2.36. The number of halogens is 4. The molecule has 0 spiro atoms. The van der Waals surface area contributed by atoms with Gasteiger partial charge < -0.3 is 15.5 Å². The van der Waals surface area contributed by atoms with Gasteiger partial charge in [0.05, 0.1) is 5.00 Å². The van der Waals surface area contributed by atoms with Crippen LogP contribution >= 0.6 is 22.9 Å². The summed E-state index contributed by atoms with van der Waals surface area (Å²) in [5.74, 6) is 0. The van der Waals surface area contributed by atoms with E-state index in [1.807, 2.05) is 31.3 Å². The molecule has 8 heteroatoms. The first kappa shape index (κ1) is 19.3. The molecular weight excluding hydrogens is 383 g/mol. The minimum absolute atomic E-state index is 0.653. The van der Waals surface area contributed by atoms with Crippen molar-refractivity contribution in [3.05, 3.63) is 45.3 Å². The summed E-state index contributed by atoms with van der Waals surface area (Å²) < 4.78 is 37.9. The third kappa shape index (κ3) is 4.84. The van der Waals surface area contributed by atoms with Crippen molar-refractivity contribution in [2.45, 2.75) is 25.6 Å². The molecule has 0 amide bonds. The van der Waals surface area contributed by atoms with Crippen molar-refractivity contribution in [1.82, 2.24) is 5.32 Å². The highest BCUT2D eigenvalue weighted by atomic mass is 35.5. The topological polar surface area (TPSA) is 27.3 Å². The van der Waals surface area contributed by atoms with Crippen LogP contribution in [0.1, 0.15) is 16.0 Å². The van der Waals surface area contributed by atoms with Crippen molar-refractivity contribution in [2.75, 3.05) is 36.9 Å². The first-order valence-electron chi connectivity index (χ1n) is 8.45. The van der Waals surface area contributed by atoms with Crippen LogP contribution in [0.4, 0.5) is 23.9 Å². The van der Waals surface area contributed by atoms with E-state index >= 15 is 0 Å². The first-order chi connectivity index (χ1) is 12.3. The Morgan fingerprint density at radius 1 is 1.27 bits per heavy atom. The number of nitrogens with one attached hydrogen (secondary N) is 2. The first-order valence-corrected chi connectivity index (χ1v) is 9.64. The Hall–Kier alpha value is -1.44. The molecule has 0 atom stereocenters. The third-order valence-corrected chi connectivity index (χ3v) is 5.94. The summed E-state index contributed by atoms with van der Waals surface area (Å²) in [6, 6.07) is 7.56. The number of alkyl halides is 3. The lowest BCUT2D eigenvalue weighted by Gasteiger charge is -2.21. The minimum Gasteiger partial charge on any atom is -0.374 e. The molecule has 0 fully saturated rings. The summed E-state index contributed by atoms with van der Waals surface area (Å²) >= 11 is 7.37. The number of likely N-dealkylation sites (N-methyl/N-ethyl adjacent to an activating group) is 1. The highest BCUT2D eigenvalue weighted by Gasteiger charge is 2.28. The van der Waals surface area contributed by atoms with Crippen molar-refractivity contribution in [3.63, 3.8) is 0 Å². The molecule has 0 radical (unpaired) electrons. The van der Waals surface area contributed by atoms with Gasteiger partial charge in [-0.25, -0.2) is 0 Å². The molecule has 26 heavy (non-hydrogen) atoms. The lowest BCUT2D eigenvalue weighted by molar-refractivity contribution is -0.115. The largest absolute Gasteiger partial charge is 0.405 e. The van der Waals surface area contributed by atoms with Crippen LogP contribution in [-0.2, 0) is 19.4 Å². The van der Waals surface area contributed by atoms with Gasteiger partial charge in [0, 0.05) is 35.7 Å². The van der Waals surface area contributed by atoms with Crippen molar-refractivity contribution in [1.29, 1.82) is 0 Å². The predicted octanol–water partition coefficient (Wildman–Crippen LogP) is 4.70. The summed E-state index contributed by atoms with van der Waals surface area (Å²) in [5, 5.41) is 7.23. The van der Waals surface area contributed by atoms with Crippen LogP contribution in [0.15, 0.2) is 24.3 Å². The molecule has 2 N–H and O–H groups in total. The number of hydrogen-bond donors (Lipinski definition) is 2. The van der Waals surface area contributed by atoms with Gasteiger partial charge in [-0.15, -0.1) is 11.3 Å². The quantitative estimate of drug-likeness (QED) is 0.732. The molecule has 0 bridgehead atoms. The molecule has 142 valence electrons. The standard InChI is InChI=1S/C18H21ClF3N3S/c1-25(13-4-2-12(19)3-5-13)9-7-15-14-6-8-23-10-16(14)26-17(15)24-11-18(20,21)22/h2-5,23-24H,6-11H2,1H3. The smallest absolute Gasteiger partial charge is 0.374 e. The summed E-state index contributed by atoms with van der Waals surface area (Å²) in [7, 11) is 1.98. The van der Waals surface area contributed by atoms with Crippen LogP contribution in [0.2, 0.25) is 5.02 Å². The zero-order valence-electron chi connectivity index (χ0n) is 14.4. The number of anilines is 2. The monoisotopic (exact) mass is 403 g/mol. The summed E-state index contributed by atoms with van der Waals surface area (Å²) in [6.07, 6.45) is -2.66. The Balaban J connectivity index is 1.74. The Morgan fingerprint density at radius 3 is 2.69 bits per heavy atom. The number of nitrogens with zero attached hydrogens (tertiary/aromatic N) is 1. The summed E-state index contributed by atoms with van der Waals surface area (Å²) in [4.78, 5) is 3.24. The fourth-order valence-corrected chi connectivity index (χ4v) is 4.48. The molecule has 1 aliphatic heterocycles. The number of benzene rings is 1. The van der Waals surface area contributed by atoms with Crippen molar-refractivity contribution < 1.29 is 13.2 Å². The van der Waals surface area contributed by atoms with Gasteiger partial charge >= 0.3 is 6.18 Å². The van der Waals surface area contributed by atoms with Crippen LogP contribution in [0, 0.1) is 0 Å². The second-order valence-corrected chi connectivity index (χ2v) is 7.90. The SMILES string of the molecule is CN(CCc1c(NCC(F)(F)F)sc2c1CCNC2)c1ccc(Cl)cc1. The van der Waals surface area contributed by atoms with Crippen LogP contribution in [-0.4, -0.2) is 32.9 Å². The van der Waals surface area contributed by atoms with Gasteiger partial charge in [-0.3, -0.25) is 0 Å². The predicted molar refractivity (Wildman–Crippen MR) is 103 cm³/mol. The van der Waals surface area contributed by atoms with E-state index in [1.54, 1.807) is 0 Å². The maximum absolute atomic E-state index is 12.6. The van der Waals surface area contributed by atoms with Crippen molar-refractivity contribution in [2.24, 2.45) is 0 Å². The molecule has 0 saturated carbocycles. The lowest BCUT2D eigenvalue weighted by atomic mass is 10.0. The van der Waals surface area contributed by atoms with E-state index in [9.17, 15) is 13.2 Å². The number of thiophene rings is 1. The van der Waals surface area contributed by atoms with Crippen molar-refractivity contribution >= 4 is 33.6 Å². The molecule has 1 aromatic carbocycles. The fraction of sp³-hybridized carbons (Fsp3) is 0.444. The lowest BCUT2D eigenvalue weighted by Crippen LogP contribution is -2.25. The molecule has 3 rings (SSSR count). The van der Waals surface area contributed by atoms with Gasteiger partial charge in [0.1, 0.15) is 6.54 Å². The Kier molecular flexibility index (Phi) is 5.99. The zero-order valence-corrected chi connectivity index (χ0v) is 16.0. The molecule has 0 unspecified atom stereocenters. The van der Waals surface area contributed by atoms with Gasteiger partial charge in [0.2, 0.25) is 0 Å². The summed E-state index contributed by atoms with van der Waals surface area (Å²) in [5.41, 5.74) is 3.27. The van der Waals surface area contributed by atoms with Crippen LogP contribution in [0.25, 0.3) is 0 Å². The molecule has 2 aromatic rings. The highest BCUT2D eigenvalue weighted by molar-refractivity contribution is 7.16. The Labute approximate surface area is 160 Å². The van der Waals surface area contributed by atoms with Gasteiger partial charge in [-0.1, -0.05) is 11.6 Å². The molecule has 2 heterocycles. The Morgan fingerprint density at radius 2 is 2.00 bits per heavy atom. The average Bonchev–Trinajstić information content (AvgIpc) is 2.95. The van der Waals surface area contributed by atoms with Crippen molar-refractivity contribution in [3.8, 4) is 0 Å². The van der Waals surface area contributed by atoms with Crippen LogP contribution < -0.4 is 15.5 Å². The molecule has 1 aliphatic rings. The number of rotatable bonds is 6. The van der Waals surface area contributed by atoms with Crippen LogP contribution in [0.3, 0.4) is 0 Å². The minimum atomic E-state index is -4.22. The molecular formula is C18H21ClF3N3S. The molecule has 1 aromatic heterocycles. The van der Waals surface area contributed by atoms with Gasteiger partial charge in [-0.05, 0) is 54.8 Å². The van der Waals surface area contributed by atoms with E-state index in [4.69, 9.17) is 11.6 Å². The van der Waals surface area contributed by atoms with E-state index in [0.717, 1.165) is 42.2 Å². The molecule has 0 aliphatic carbocycles. The van der Waals surface area contributed by atoms with E-state index in [0.29, 0.717) is 16.4 Å². The average molecular weight is 404 g/mol. The third-order valence-electron chi connectivity index (χ3n) is 4.45. The zero-order chi connectivity index (χ0) is 18.7. The second-order valence-electron chi connectivity index (χ2n) is 6.35. The van der Waals surface area contributed by atoms with E-state index in [2.05, 4.69) is 15.5 Å². The van der Waals surface area contributed by atoms with Gasteiger partial charge in [-0.2, -0.15) is 13.2 Å². The number of fused-ring (bicyclic) bond motifs is 1. The van der Waals surface area contributed by atoms with Gasteiger partial charge in [0.15, 0.2) is 0 Å².